The number of halogens is 4. The standard InChI is InChI=1S/C6H3ClF3N/c7-3-1-2-11-5(4(3)8)6(9)10/h1-2,6H. The number of hydrogen-bond acceptors (Lipinski definition) is 1. The maximum Gasteiger partial charge on any atom is 0.283 e. The van der Waals surface area contributed by atoms with Gasteiger partial charge in [0.05, 0.1) is 5.02 Å². The summed E-state index contributed by atoms with van der Waals surface area (Å²) in [6, 6.07) is 1.11. The van der Waals surface area contributed by atoms with Crippen molar-refractivity contribution in [1.29, 1.82) is 0 Å². The van der Waals surface area contributed by atoms with Crippen LogP contribution in [0.1, 0.15) is 12.1 Å². The molecule has 0 saturated heterocycles. The zero-order valence-corrected chi connectivity index (χ0v) is 5.95. The lowest BCUT2D eigenvalue weighted by Crippen LogP contribution is -1.94. The molecule has 11 heavy (non-hydrogen) atoms. The van der Waals surface area contributed by atoms with E-state index in [2.05, 4.69) is 4.98 Å². The highest BCUT2D eigenvalue weighted by molar-refractivity contribution is 6.30. The van der Waals surface area contributed by atoms with Crippen molar-refractivity contribution in [1.82, 2.24) is 4.98 Å². The molecule has 0 aliphatic carbocycles. The fourth-order valence-electron chi connectivity index (χ4n) is 0.587. The van der Waals surface area contributed by atoms with Crippen LogP contribution in [-0.4, -0.2) is 4.98 Å². The van der Waals surface area contributed by atoms with E-state index < -0.39 is 17.9 Å². The Kier molecular flexibility index (Phi) is 2.34. The molecule has 0 radical (unpaired) electrons. The zero-order valence-electron chi connectivity index (χ0n) is 5.19. The molecule has 0 fully saturated rings. The molecule has 1 rings (SSSR count). The molecule has 0 aliphatic rings. The number of alkyl halides is 2. The molecular formula is C6H3ClF3N. The largest absolute Gasteiger partial charge is 0.283 e. The van der Waals surface area contributed by atoms with Crippen molar-refractivity contribution in [2.75, 3.05) is 0 Å². The summed E-state index contributed by atoms with van der Waals surface area (Å²) in [4.78, 5) is 3.13. The Labute approximate surface area is 65.8 Å². The van der Waals surface area contributed by atoms with Crippen LogP contribution in [-0.2, 0) is 0 Å². The average Bonchev–Trinajstić information content (AvgIpc) is 1.94. The van der Waals surface area contributed by atoms with Crippen LogP contribution in [0.4, 0.5) is 13.2 Å². The van der Waals surface area contributed by atoms with Crippen molar-refractivity contribution < 1.29 is 13.2 Å². The van der Waals surface area contributed by atoms with E-state index in [-0.39, 0.29) is 5.02 Å². The zero-order chi connectivity index (χ0) is 8.43. The van der Waals surface area contributed by atoms with Gasteiger partial charge in [-0.2, -0.15) is 0 Å². The summed E-state index contributed by atoms with van der Waals surface area (Å²) < 4.78 is 36.3. The van der Waals surface area contributed by atoms with E-state index >= 15 is 0 Å². The number of nitrogens with zero attached hydrogens (tertiary/aromatic N) is 1. The van der Waals surface area contributed by atoms with Crippen molar-refractivity contribution >= 4 is 11.6 Å². The topological polar surface area (TPSA) is 12.9 Å². The Morgan fingerprint density at radius 2 is 2.09 bits per heavy atom. The van der Waals surface area contributed by atoms with Gasteiger partial charge in [-0.3, -0.25) is 4.98 Å². The van der Waals surface area contributed by atoms with E-state index in [1.165, 1.54) is 0 Å². The molecule has 0 atom stereocenters. The molecular weight excluding hydrogens is 179 g/mol. The number of aromatic nitrogens is 1. The summed E-state index contributed by atoms with van der Waals surface area (Å²) in [7, 11) is 0. The maximum atomic E-state index is 12.6. The lowest BCUT2D eigenvalue weighted by molar-refractivity contribution is 0.140. The fourth-order valence-corrected chi connectivity index (χ4v) is 0.740. The van der Waals surface area contributed by atoms with Gasteiger partial charge in [0.2, 0.25) is 0 Å². The van der Waals surface area contributed by atoms with Gasteiger partial charge in [-0.25, -0.2) is 13.2 Å². The van der Waals surface area contributed by atoms with Crippen molar-refractivity contribution in [3.8, 4) is 0 Å². The summed E-state index contributed by atoms with van der Waals surface area (Å²) in [6.07, 6.45) is -1.89. The normalized spacial score (nSPS) is 10.6. The van der Waals surface area contributed by atoms with Gasteiger partial charge in [-0.05, 0) is 6.07 Å². The van der Waals surface area contributed by atoms with Crippen LogP contribution in [0.3, 0.4) is 0 Å². The van der Waals surface area contributed by atoms with E-state index in [0.29, 0.717) is 0 Å². The minimum Gasteiger partial charge on any atom is -0.252 e. The third kappa shape index (κ3) is 1.63. The Balaban J connectivity index is 3.17. The van der Waals surface area contributed by atoms with Gasteiger partial charge < -0.3 is 0 Å². The molecule has 0 aromatic carbocycles. The first-order chi connectivity index (χ1) is 5.13. The molecule has 1 aromatic heterocycles. The molecule has 1 aromatic rings. The first-order valence-corrected chi connectivity index (χ1v) is 3.08. The van der Waals surface area contributed by atoms with E-state index in [1.54, 1.807) is 0 Å². The fraction of sp³-hybridized carbons (Fsp3) is 0.167. The monoisotopic (exact) mass is 181 g/mol. The Morgan fingerprint density at radius 3 is 2.55 bits per heavy atom. The van der Waals surface area contributed by atoms with Gasteiger partial charge in [0.15, 0.2) is 5.82 Å². The Morgan fingerprint density at radius 1 is 1.45 bits per heavy atom. The van der Waals surface area contributed by atoms with Gasteiger partial charge in [-0.15, -0.1) is 0 Å². The van der Waals surface area contributed by atoms with Crippen LogP contribution in [0, 0.1) is 5.82 Å². The van der Waals surface area contributed by atoms with Gasteiger partial charge in [0.25, 0.3) is 6.43 Å². The Bertz CT molecular complexity index is 264. The van der Waals surface area contributed by atoms with Crippen molar-refractivity contribution in [2.45, 2.75) is 6.43 Å². The number of hydrogen-bond donors (Lipinski definition) is 0. The van der Waals surface area contributed by atoms with Gasteiger partial charge in [-0.1, -0.05) is 11.6 Å². The summed E-state index contributed by atoms with van der Waals surface area (Å²) in [6.45, 7) is 0. The van der Waals surface area contributed by atoms with E-state index in [1.807, 2.05) is 0 Å². The summed E-state index contributed by atoms with van der Waals surface area (Å²) in [5, 5.41) is -0.338. The molecule has 0 spiro atoms. The van der Waals surface area contributed by atoms with Crippen molar-refractivity contribution in [3.05, 3.63) is 28.8 Å². The molecule has 1 nitrogen and oxygen atoms in total. The highest BCUT2D eigenvalue weighted by Crippen LogP contribution is 2.23. The molecule has 60 valence electrons. The second-order valence-electron chi connectivity index (χ2n) is 1.79. The third-order valence-electron chi connectivity index (χ3n) is 1.08. The lowest BCUT2D eigenvalue weighted by atomic mass is 10.3. The summed E-state index contributed by atoms with van der Waals surface area (Å²) >= 11 is 5.21. The molecule has 0 unspecified atom stereocenters. The Hall–Kier alpha value is -0.770. The van der Waals surface area contributed by atoms with E-state index in [0.717, 1.165) is 12.3 Å². The number of rotatable bonds is 1. The average molecular weight is 182 g/mol. The first-order valence-electron chi connectivity index (χ1n) is 2.71. The predicted molar refractivity (Wildman–Crippen MR) is 34.2 cm³/mol. The van der Waals surface area contributed by atoms with Crippen LogP contribution < -0.4 is 0 Å². The van der Waals surface area contributed by atoms with Crippen molar-refractivity contribution in [3.63, 3.8) is 0 Å². The van der Waals surface area contributed by atoms with Crippen LogP contribution >= 0.6 is 11.6 Å². The van der Waals surface area contributed by atoms with Crippen LogP contribution in [0.25, 0.3) is 0 Å². The third-order valence-corrected chi connectivity index (χ3v) is 1.37. The summed E-state index contributed by atoms with van der Waals surface area (Å²) in [5.74, 6) is -1.15. The van der Waals surface area contributed by atoms with Crippen molar-refractivity contribution in [2.24, 2.45) is 0 Å². The molecule has 0 amide bonds. The highest BCUT2D eigenvalue weighted by atomic mass is 35.5. The van der Waals surface area contributed by atoms with Crippen LogP contribution in [0.2, 0.25) is 5.02 Å². The molecule has 0 saturated carbocycles. The summed E-state index contributed by atoms with van der Waals surface area (Å²) in [5.41, 5.74) is -0.905. The van der Waals surface area contributed by atoms with Crippen LogP contribution in [0.5, 0.6) is 0 Å². The molecule has 1 heterocycles. The number of pyridine rings is 1. The minimum absolute atomic E-state index is 0.338. The quantitative estimate of drug-likeness (QED) is 0.649. The SMILES string of the molecule is Fc1c(Cl)ccnc1C(F)F. The molecule has 0 bridgehead atoms. The van der Waals surface area contributed by atoms with Gasteiger partial charge >= 0.3 is 0 Å². The maximum absolute atomic E-state index is 12.6. The predicted octanol–water partition coefficient (Wildman–Crippen LogP) is 2.81. The lowest BCUT2D eigenvalue weighted by Gasteiger charge is -1.99. The molecule has 0 aliphatic heterocycles. The van der Waals surface area contributed by atoms with E-state index in [4.69, 9.17) is 11.6 Å². The smallest absolute Gasteiger partial charge is 0.252 e. The molecule has 5 heteroatoms. The first kappa shape index (κ1) is 8.33. The van der Waals surface area contributed by atoms with Gasteiger partial charge in [0, 0.05) is 6.20 Å². The second kappa shape index (κ2) is 3.09. The van der Waals surface area contributed by atoms with Crippen LogP contribution in [0.15, 0.2) is 12.3 Å². The highest BCUT2D eigenvalue weighted by Gasteiger charge is 2.16. The second-order valence-corrected chi connectivity index (χ2v) is 2.20. The molecule has 0 N–H and O–H groups in total. The minimum atomic E-state index is -2.92. The van der Waals surface area contributed by atoms with E-state index in [9.17, 15) is 13.2 Å². The van der Waals surface area contributed by atoms with Gasteiger partial charge in [0.1, 0.15) is 5.69 Å².